The van der Waals surface area contributed by atoms with Crippen molar-refractivity contribution in [2.45, 2.75) is 31.7 Å². The molecule has 1 aliphatic carbocycles. The largest absolute Gasteiger partial charge is 0.465 e. The monoisotopic (exact) mass is 220 g/mol. The van der Waals surface area contributed by atoms with Crippen molar-refractivity contribution in [1.82, 2.24) is 20.1 Å². The van der Waals surface area contributed by atoms with Crippen molar-refractivity contribution in [1.29, 1.82) is 0 Å². The highest BCUT2D eigenvalue weighted by atomic mass is 16.4. The minimum atomic E-state index is -0.904. The fraction of sp³-hybridized carbons (Fsp3) is 0.600. The topological polar surface area (TPSA) is 79.2 Å². The Balaban J connectivity index is 1.86. The molecule has 6 heteroatoms. The van der Waals surface area contributed by atoms with Crippen LogP contribution in [0.15, 0.2) is 0 Å². The van der Waals surface area contributed by atoms with Gasteiger partial charge in [-0.2, -0.15) is 0 Å². The van der Waals surface area contributed by atoms with E-state index < -0.39 is 6.09 Å². The molecular weight excluding hydrogens is 208 g/mol. The van der Waals surface area contributed by atoms with Gasteiger partial charge in [0.05, 0.1) is 12.2 Å². The van der Waals surface area contributed by atoms with Gasteiger partial charge < -0.3 is 10.0 Å². The van der Waals surface area contributed by atoms with Gasteiger partial charge in [-0.05, 0) is 12.8 Å². The van der Waals surface area contributed by atoms with Gasteiger partial charge in [-0.15, -0.1) is 10.2 Å². The van der Waals surface area contributed by atoms with Crippen LogP contribution in [0, 0.1) is 0 Å². The van der Waals surface area contributed by atoms with E-state index in [1.165, 1.54) is 4.90 Å². The predicted octanol–water partition coefficient (Wildman–Crippen LogP) is 0.785. The molecule has 1 N–H and O–H groups in total. The van der Waals surface area contributed by atoms with Crippen molar-refractivity contribution in [3.8, 4) is 0 Å². The van der Waals surface area contributed by atoms with Gasteiger partial charge in [-0.1, -0.05) is 0 Å². The Hall–Kier alpha value is -1.72. The van der Waals surface area contributed by atoms with Crippen LogP contribution in [-0.4, -0.2) is 37.8 Å². The van der Waals surface area contributed by atoms with Crippen LogP contribution in [0.3, 0.4) is 0 Å². The Kier molecular flexibility index (Phi) is 2.02. The molecule has 6 nitrogen and oxygen atoms in total. The molecule has 0 saturated heterocycles. The van der Waals surface area contributed by atoms with E-state index in [-0.39, 0.29) is 0 Å². The highest BCUT2D eigenvalue weighted by Crippen LogP contribution is 2.37. The lowest BCUT2D eigenvalue weighted by atomic mass is 10.1. The van der Waals surface area contributed by atoms with Gasteiger partial charge in [0.25, 0.3) is 0 Å². The van der Waals surface area contributed by atoms with Crippen molar-refractivity contribution in [2.75, 3.05) is 6.54 Å². The fourth-order valence-electron chi connectivity index (χ4n) is 1.90. The van der Waals surface area contributed by atoms with Crippen LogP contribution in [0.4, 0.5) is 4.79 Å². The highest BCUT2D eigenvalue weighted by molar-refractivity contribution is 5.65. The van der Waals surface area contributed by atoms with Crippen LogP contribution in [0.1, 0.15) is 36.0 Å². The van der Waals surface area contributed by atoms with E-state index in [1.807, 2.05) is 0 Å². The lowest BCUT2D eigenvalue weighted by Gasteiger charge is -2.24. The van der Waals surface area contributed by atoms with Crippen LogP contribution < -0.4 is 0 Å². The van der Waals surface area contributed by atoms with E-state index >= 15 is 0 Å². The lowest BCUT2D eigenvalue weighted by Crippen LogP contribution is -2.36. The Labute approximate surface area is 92.3 Å². The number of rotatable bonds is 1. The molecule has 0 atom stereocenters. The Morgan fingerprint density at radius 1 is 1.31 bits per heavy atom. The molecule has 0 spiro atoms. The molecule has 2 heterocycles. The molecule has 0 aromatic carbocycles. The number of carboxylic acid groups (broad SMARTS) is 1. The Morgan fingerprint density at radius 3 is 2.81 bits per heavy atom. The second-order valence-electron chi connectivity index (χ2n) is 4.29. The van der Waals surface area contributed by atoms with Crippen molar-refractivity contribution < 1.29 is 9.90 Å². The highest BCUT2D eigenvalue weighted by Gasteiger charge is 2.29. The minimum Gasteiger partial charge on any atom is -0.465 e. The number of hydrogen-bond acceptors (Lipinski definition) is 4. The zero-order chi connectivity index (χ0) is 11.1. The average molecular weight is 220 g/mol. The van der Waals surface area contributed by atoms with Crippen molar-refractivity contribution >= 4 is 6.09 Å². The molecule has 84 valence electrons. The first-order valence-electron chi connectivity index (χ1n) is 5.44. The molecule has 1 fully saturated rings. The molecule has 0 radical (unpaired) electrons. The molecule has 1 aliphatic heterocycles. The first kappa shape index (κ1) is 9.50. The molecule has 2 aliphatic rings. The third-order valence-corrected chi connectivity index (χ3v) is 3.03. The third-order valence-electron chi connectivity index (χ3n) is 3.03. The van der Waals surface area contributed by atoms with E-state index in [9.17, 15) is 4.79 Å². The second kappa shape index (κ2) is 3.40. The summed E-state index contributed by atoms with van der Waals surface area (Å²) in [6.07, 6.45) is 2.05. The van der Waals surface area contributed by atoms with Gasteiger partial charge in [0.15, 0.2) is 5.82 Å². The number of amides is 1. The van der Waals surface area contributed by atoms with E-state index in [1.54, 1.807) is 0 Å². The first-order chi connectivity index (χ1) is 7.74. The molecule has 1 saturated carbocycles. The summed E-state index contributed by atoms with van der Waals surface area (Å²) in [5.41, 5.74) is 1.63. The summed E-state index contributed by atoms with van der Waals surface area (Å²) in [6.45, 7) is 0.820. The smallest absolute Gasteiger partial charge is 0.407 e. The molecule has 3 rings (SSSR count). The molecule has 1 aromatic rings. The van der Waals surface area contributed by atoms with E-state index in [0.717, 1.165) is 24.4 Å². The maximum absolute atomic E-state index is 10.8. The summed E-state index contributed by atoms with van der Waals surface area (Å²) in [4.78, 5) is 16.6. The number of aromatic nitrogens is 3. The molecule has 1 amide bonds. The number of hydrogen-bond donors (Lipinski definition) is 1. The van der Waals surface area contributed by atoms with Gasteiger partial charge in [0, 0.05) is 18.9 Å². The maximum atomic E-state index is 10.8. The summed E-state index contributed by atoms with van der Waals surface area (Å²) >= 11 is 0. The minimum absolute atomic E-state index is 0.315. The summed E-state index contributed by atoms with van der Waals surface area (Å²) in [7, 11) is 0. The van der Waals surface area contributed by atoms with Crippen LogP contribution in [0.5, 0.6) is 0 Å². The summed E-state index contributed by atoms with van der Waals surface area (Å²) in [6, 6.07) is 0. The van der Waals surface area contributed by atoms with Gasteiger partial charge in [-0.3, -0.25) is 0 Å². The third kappa shape index (κ3) is 1.60. The summed E-state index contributed by atoms with van der Waals surface area (Å²) < 4.78 is 0. The maximum Gasteiger partial charge on any atom is 0.407 e. The van der Waals surface area contributed by atoms with Crippen LogP contribution in [-0.2, 0) is 13.0 Å². The second-order valence-corrected chi connectivity index (χ2v) is 4.29. The van der Waals surface area contributed by atoms with Crippen molar-refractivity contribution in [3.63, 3.8) is 0 Å². The van der Waals surface area contributed by atoms with Crippen LogP contribution >= 0.6 is 0 Å². The average Bonchev–Trinajstić information content (AvgIpc) is 3.11. The zero-order valence-corrected chi connectivity index (χ0v) is 8.76. The van der Waals surface area contributed by atoms with E-state index in [0.29, 0.717) is 31.1 Å². The van der Waals surface area contributed by atoms with Crippen molar-refractivity contribution in [2.24, 2.45) is 0 Å². The Morgan fingerprint density at radius 2 is 2.12 bits per heavy atom. The number of carbonyl (C=O) groups is 1. The quantitative estimate of drug-likeness (QED) is 0.756. The summed E-state index contributed by atoms with van der Waals surface area (Å²) in [5, 5.41) is 17.0. The predicted molar refractivity (Wildman–Crippen MR) is 53.9 cm³/mol. The fourth-order valence-corrected chi connectivity index (χ4v) is 1.90. The SMILES string of the molecule is O=C(O)N1CCc2nc(C3CC3)nnc2C1. The molecular formula is C10H12N4O2. The standard InChI is InChI=1S/C10H12N4O2/c15-10(16)14-4-3-7-8(5-14)12-13-9(11-7)6-1-2-6/h6H,1-5H2,(H,15,16). The molecule has 0 unspecified atom stereocenters. The van der Waals surface area contributed by atoms with Gasteiger partial charge >= 0.3 is 6.09 Å². The number of nitrogens with zero attached hydrogens (tertiary/aromatic N) is 4. The lowest BCUT2D eigenvalue weighted by molar-refractivity contribution is 0.138. The normalized spacial score (nSPS) is 19.4. The zero-order valence-electron chi connectivity index (χ0n) is 8.76. The van der Waals surface area contributed by atoms with Crippen molar-refractivity contribution in [3.05, 3.63) is 17.2 Å². The summed E-state index contributed by atoms with van der Waals surface area (Å²) in [5.74, 6) is 1.33. The molecule has 0 bridgehead atoms. The molecule has 16 heavy (non-hydrogen) atoms. The first-order valence-corrected chi connectivity index (χ1v) is 5.44. The molecule has 1 aromatic heterocycles. The van der Waals surface area contributed by atoms with E-state index in [2.05, 4.69) is 15.2 Å². The van der Waals surface area contributed by atoms with Crippen LogP contribution in [0.25, 0.3) is 0 Å². The van der Waals surface area contributed by atoms with Gasteiger partial charge in [-0.25, -0.2) is 9.78 Å². The van der Waals surface area contributed by atoms with Crippen LogP contribution in [0.2, 0.25) is 0 Å². The number of fused-ring (bicyclic) bond motifs is 1. The van der Waals surface area contributed by atoms with Gasteiger partial charge in [0.2, 0.25) is 0 Å². The van der Waals surface area contributed by atoms with E-state index in [4.69, 9.17) is 5.11 Å². The van der Waals surface area contributed by atoms with Gasteiger partial charge in [0.1, 0.15) is 5.69 Å². The Bertz CT molecular complexity index is 444.